The highest BCUT2D eigenvalue weighted by Gasteiger charge is 2.18. The lowest BCUT2D eigenvalue weighted by atomic mass is 10.1. The first-order valence-electron chi connectivity index (χ1n) is 7.51. The molecule has 1 aliphatic heterocycles. The fourth-order valence-corrected chi connectivity index (χ4v) is 3.11. The van der Waals surface area contributed by atoms with E-state index in [0.29, 0.717) is 0 Å². The largest absolute Gasteiger partial charge is 0.497 e. The van der Waals surface area contributed by atoms with Gasteiger partial charge in [0, 0.05) is 12.4 Å². The van der Waals surface area contributed by atoms with Crippen molar-refractivity contribution in [3.05, 3.63) is 40.2 Å². The minimum absolute atomic E-state index is 0.120. The van der Waals surface area contributed by atoms with Crippen molar-refractivity contribution < 1.29 is 15.0 Å². The average molecular weight is 289 g/mol. The van der Waals surface area contributed by atoms with Crippen LogP contribution in [0.4, 0.5) is 0 Å². The van der Waals surface area contributed by atoms with Gasteiger partial charge >= 0.3 is 0 Å². The SMILES string of the molecule is COc1ccc2c(c1)cc(C[NH+]1CC[NH2+]CC1)c(=O)n2C. The second-order valence-electron chi connectivity index (χ2n) is 5.75. The summed E-state index contributed by atoms with van der Waals surface area (Å²) >= 11 is 0. The van der Waals surface area contributed by atoms with E-state index in [1.165, 1.54) is 4.90 Å². The first kappa shape index (κ1) is 14.1. The molecule has 5 heteroatoms. The topological polar surface area (TPSA) is 52.3 Å². The molecule has 2 aromatic rings. The Hall–Kier alpha value is -1.85. The zero-order valence-electron chi connectivity index (χ0n) is 12.7. The number of nitrogens with one attached hydrogen (secondary N) is 1. The van der Waals surface area contributed by atoms with Gasteiger partial charge in [0.05, 0.1) is 18.2 Å². The number of quaternary nitrogens is 2. The Kier molecular flexibility index (Phi) is 3.94. The van der Waals surface area contributed by atoms with Gasteiger partial charge in [-0.3, -0.25) is 4.79 Å². The zero-order valence-corrected chi connectivity index (χ0v) is 12.7. The molecule has 1 aliphatic rings. The van der Waals surface area contributed by atoms with Gasteiger partial charge in [0.2, 0.25) is 0 Å². The molecule has 1 saturated heterocycles. The Morgan fingerprint density at radius 2 is 2.05 bits per heavy atom. The molecule has 0 saturated carbocycles. The van der Waals surface area contributed by atoms with Gasteiger partial charge in [-0.2, -0.15) is 0 Å². The van der Waals surface area contributed by atoms with Crippen LogP contribution in [0.25, 0.3) is 10.9 Å². The smallest absolute Gasteiger partial charge is 0.259 e. The fraction of sp³-hybridized carbons (Fsp3) is 0.438. The molecule has 3 N–H and O–H groups in total. The van der Waals surface area contributed by atoms with E-state index in [4.69, 9.17) is 4.74 Å². The maximum atomic E-state index is 12.5. The van der Waals surface area contributed by atoms with E-state index in [-0.39, 0.29) is 5.56 Å². The van der Waals surface area contributed by atoms with Crippen LogP contribution in [-0.4, -0.2) is 37.9 Å². The predicted octanol–water partition coefficient (Wildman–Crippen LogP) is -1.49. The quantitative estimate of drug-likeness (QED) is 0.723. The van der Waals surface area contributed by atoms with Gasteiger partial charge in [0.25, 0.3) is 5.56 Å². The van der Waals surface area contributed by atoms with Crippen LogP contribution in [0.5, 0.6) is 5.75 Å². The summed E-state index contributed by atoms with van der Waals surface area (Å²) in [6.07, 6.45) is 0. The van der Waals surface area contributed by atoms with Crippen molar-refractivity contribution in [3.63, 3.8) is 0 Å². The number of benzene rings is 1. The summed E-state index contributed by atoms with van der Waals surface area (Å²) < 4.78 is 7.04. The Balaban J connectivity index is 2.01. The number of rotatable bonds is 3. The average Bonchev–Trinajstić information content (AvgIpc) is 2.53. The number of ether oxygens (including phenoxy) is 1. The van der Waals surface area contributed by atoms with Crippen molar-refractivity contribution in [1.82, 2.24) is 4.57 Å². The summed E-state index contributed by atoms with van der Waals surface area (Å²) in [4.78, 5) is 14.0. The highest BCUT2D eigenvalue weighted by Crippen LogP contribution is 2.19. The number of hydrogen-bond acceptors (Lipinski definition) is 2. The molecule has 1 aromatic heterocycles. The molecule has 1 aromatic carbocycles. The minimum atomic E-state index is 0.120. The summed E-state index contributed by atoms with van der Waals surface area (Å²) in [6.45, 7) is 5.36. The maximum absolute atomic E-state index is 12.5. The van der Waals surface area contributed by atoms with Gasteiger partial charge in [-0.05, 0) is 24.3 Å². The van der Waals surface area contributed by atoms with E-state index < -0.39 is 0 Å². The van der Waals surface area contributed by atoms with Gasteiger partial charge < -0.3 is 19.5 Å². The lowest BCUT2D eigenvalue weighted by Crippen LogP contribution is -3.19. The van der Waals surface area contributed by atoms with Crippen LogP contribution >= 0.6 is 0 Å². The number of aromatic nitrogens is 1. The third kappa shape index (κ3) is 2.80. The summed E-state index contributed by atoms with van der Waals surface area (Å²) in [7, 11) is 3.51. The summed E-state index contributed by atoms with van der Waals surface area (Å²) in [5, 5.41) is 3.40. The molecular weight excluding hydrogens is 266 g/mol. The van der Waals surface area contributed by atoms with Gasteiger partial charge in [-0.1, -0.05) is 0 Å². The van der Waals surface area contributed by atoms with Crippen LogP contribution < -0.4 is 20.5 Å². The number of aryl methyl sites for hydroxylation is 1. The monoisotopic (exact) mass is 289 g/mol. The van der Waals surface area contributed by atoms with Crippen LogP contribution in [0.1, 0.15) is 5.56 Å². The number of nitrogens with zero attached hydrogens (tertiary/aromatic N) is 1. The normalized spacial score (nSPS) is 16.3. The third-order valence-corrected chi connectivity index (χ3v) is 4.35. The molecule has 21 heavy (non-hydrogen) atoms. The molecule has 0 unspecified atom stereocenters. The lowest BCUT2D eigenvalue weighted by molar-refractivity contribution is -0.958. The van der Waals surface area contributed by atoms with Crippen LogP contribution in [0, 0.1) is 0 Å². The number of nitrogens with two attached hydrogens (primary N) is 1. The number of piperazine rings is 1. The van der Waals surface area contributed by atoms with E-state index in [9.17, 15) is 4.79 Å². The molecule has 3 rings (SSSR count). The number of methoxy groups -OCH3 is 1. The van der Waals surface area contributed by atoms with Gasteiger partial charge in [-0.25, -0.2) is 0 Å². The van der Waals surface area contributed by atoms with E-state index in [0.717, 1.165) is 54.9 Å². The van der Waals surface area contributed by atoms with Gasteiger partial charge in [0.1, 0.15) is 38.5 Å². The predicted molar refractivity (Wildman–Crippen MR) is 81.8 cm³/mol. The van der Waals surface area contributed by atoms with Crippen molar-refractivity contribution in [2.75, 3.05) is 33.3 Å². The number of fused-ring (bicyclic) bond motifs is 1. The molecule has 0 atom stereocenters. The number of pyridine rings is 1. The highest BCUT2D eigenvalue weighted by atomic mass is 16.5. The first-order valence-corrected chi connectivity index (χ1v) is 7.51. The molecule has 5 nitrogen and oxygen atoms in total. The van der Waals surface area contributed by atoms with Crippen LogP contribution in [0.2, 0.25) is 0 Å². The highest BCUT2D eigenvalue weighted by molar-refractivity contribution is 5.81. The molecule has 0 radical (unpaired) electrons. The Bertz CT molecular complexity index is 702. The van der Waals surface area contributed by atoms with Crippen molar-refractivity contribution in [2.45, 2.75) is 6.54 Å². The van der Waals surface area contributed by atoms with Crippen LogP contribution in [0.3, 0.4) is 0 Å². The molecule has 1 fully saturated rings. The zero-order chi connectivity index (χ0) is 14.8. The van der Waals surface area contributed by atoms with Gasteiger partial charge in [0.15, 0.2) is 0 Å². The molecule has 112 valence electrons. The van der Waals surface area contributed by atoms with Crippen molar-refractivity contribution in [1.29, 1.82) is 0 Å². The fourth-order valence-electron chi connectivity index (χ4n) is 3.11. The van der Waals surface area contributed by atoms with E-state index in [2.05, 4.69) is 5.32 Å². The Morgan fingerprint density at radius 1 is 1.29 bits per heavy atom. The number of hydrogen-bond donors (Lipinski definition) is 2. The second kappa shape index (κ2) is 5.87. The second-order valence-corrected chi connectivity index (χ2v) is 5.75. The summed E-state index contributed by atoms with van der Waals surface area (Å²) in [5.41, 5.74) is 1.97. The summed E-state index contributed by atoms with van der Waals surface area (Å²) in [5.74, 6) is 0.826. The molecule has 0 aliphatic carbocycles. The molecule has 0 amide bonds. The van der Waals surface area contributed by atoms with E-state index in [1.807, 2.05) is 31.3 Å². The Morgan fingerprint density at radius 3 is 2.76 bits per heavy atom. The molecule has 0 spiro atoms. The Labute approximate surface area is 124 Å². The third-order valence-electron chi connectivity index (χ3n) is 4.35. The molecule has 0 bridgehead atoms. The molecule has 2 heterocycles. The van der Waals surface area contributed by atoms with Crippen LogP contribution in [-0.2, 0) is 13.6 Å². The van der Waals surface area contributed by atoms with E-state index >= 15 is 0 Å². The minimum Gasteiger partial charge on any atom is -0.497 e. The molecular formula is C16H23N3O2+2. The first-order chi connectivity index (χ1) is 10.2. The lowest BCUT2D eigenvalue weighted by Gasteiger charge is -2.22. The van der Waals surface area contributed by atoms with Gasteiger partial charge in [-0.15, -0.1) is 0 Å². The van der Waals surface area contributed by atoms with Crippen molar-refractivity contribution >= 4 is 10.9 Å². The maximum Gasteiger partial charge on any atom is 0.259 e. The van der Waals surface area contributed by atoms with Crippen molar-refractivity contribution in [2.24, 2.45) is 7.05 Å². The standard InChI is InChI=1S/C16H21N3O2/c1-18-15-4-3-14(21-2)10-12(15)9-13(16(18)20)11-19-7-5-17-6-8-19/h3-4,9-10,17H,5-8,11H2,1-2H3/p+2. The van der Waals surface area contributed by atoms with E-state index in [1.54, 1.807) is 11.7 Å². The summed E-state index contributed by atoms with van der Waals surface area (Å²) in [6, 6.07) is 7.87. The van der Waals surface area contributed by atoms with Crippen LogP contribution in [0.15, 0.2) is 29.1 Å². The van der Waals surface area contributed by atoms with Crippen molar-refractivity contribution in [3.8, 4) is 5.75 Å².